The van der Waals surface area contributed by atoms with Crippen molar-refractivity contribution in [2.45, 2.75) is 25.2 Å². The Morgan fingerprint density at radius 3 is 2.85 bits per heavy atom. The Balaban J connectivity index is 2.08. The zero-order valence-electron chi connectivity index (χ0n) is 14.7. The molecule has 1 fully saturated rings. The van der Waals surface area contributed by atoms with Gasteiger partial charge in [0.05, 0.1) is 0 Å². The normalized spacial score (nSPS) is 19.0. The Labute approximate surface area is 162 Å². The molecule has 1 aliphatic rings. The molecule has 3 rings (SSSR count). The molecule has 0 radical (unpaired) electrons. The van der Waals surface area contributed by atoms with Crippen molar-refractivity contribution >= 4 is 33.4 Å². The van der Waals surface area contributed by atoms with Crippen LogP contribution in [0.1, 0.15) is 30.7 Å². The third-order valence-corrected chi connectivity index (χ3v) is 6.29. The Bertz CT molecular complexity index is 866. The van der Waals surface area contributed by atoms with Crippen molar-refractivity contribution in [3.8, 4) is 0 Å². The SMILES string of the molecule is CNC(=O)N(CCC=O)c1nn(C)c2cc(C3CCC3[CH]=[W])c(F)cc12. The van der Waals surface area contributed by atoms with Gasteiger partial charge < -0.3 is 4.79 Å². The Morgan fingerprint density at radius 1 is 1.50 bits per heavy atom. The molecule has 1 N–H and O–H groups in total. The maximum absolute atomic E-state index is 14.9. The van der Waals surface area contributed by atoms with E-state index < -0.39 is 0 Å². The summed E-state index contributed by atoms with van der Waals surface area (Å²) in [5.74, 6) is 0.774. The molecule has 0 saturated heterocycles. The van der Waals surface area contributed by atoms with Gasteiger partial charge in [0.2, 0.25) is 0 Å². The van der Waals surface area contributed by atoms with Crippen LogP contribution in [-0.4, -0.2) is 40.1 Å². The van der Waals surface area contributed by atoms with E-state index in [1.807, 2.05) is 6.07 Å². The van der Waals surface area contributed by atoms with E-state index in [-0.39, 0.29) is 30.7 Å². The summed E-state index contributed by atoms with van der Waals surface area (Å²) in [4.78, 5) is 24.4. The van der Waals surface area contributed by atoms with E-state index in [1.54, 1.807) is 11.7 Å². The molecule has 1 heterocycles. The molecule has 2 amide bonds. The van der Waals surface area contributed by atoms with Gasteiger partial charge in [-0.2, -0.15) is 0 Å². The number of hydrogen-bond acceptors (Lipinski definition) is 3. The zero-order valence-corrected chi connectivity index (χ0v) is 17.7. The van der Waals surface area contributed by atoms with Crippen molar-refractivity contribution in [1.82, 2.24) is 15.1 Å². The molecule has 2 unspecified atom stereocenters. The number of aromatic nitrogens is 2. The summed E-state index contributed by atoms with van der Waals surface area (Å²) in [5, 5.41) is 7.55. The van der Waals surface area contributed by atoms with E-state index in [2.05, 4.69) is 14.8 Å². The van der Waals surface area contributed by atoms with Crippen molar-refractivity contribution in [1.29, 1.82) is 0 Å². The van der Waals surface area contributed by atoms with Crippen molar-refractivity contribution < 1.29 is 33.3 Å². The van der Waals surface area contributed by atoms with Crippen molar-refractivity contribution in [3.63, 3.8) is 0 Å². The van der Waals surface area contributed by atoms with Crippen molar-refractivity contribution in [2.75, 3.05) is 18.5 Å². The average molecular weight is 528 g/mol. The van der Waals surface area contributed by atoms with Crippen LogP contribution >= 0.6 is 0 Å². The monoisotopic (exact) mass is 528 g/mol. The quantitative estimate of drug-likeness (QED) is 0.586. The van der Waals surface area contributed by atoms with Crippen LogP contribution in [0.4, 0.5) is 15.0 Å². The van der Waals surface area contributed by atoms with Crippen LogP contribution in [0.5, 0.6) is 0 Å². The van der Waals surface area contributed by atoms with Gasteiger partial charge in [0.1, 0.15) is 0 Å². The van der Waals surface area contributed by atoms with E-state index in [4.69, 9.17) is 0 Å². The molecule has 1 saturated carbocycles. The molecule has 0 aliphatic heterocycles. The van der Waals surface area contributed by atoms with E-state index in [1.165, 1.54) is 37.4 Å². The molecule has 26 heavy (non-hydrogen) atoms. The summed E-state index contributed by atoms with van der Waals surface area (Å²) >= 11 is 1.41. The molecule has 2 aromatic rings. The number of amides is 2. The molecule has 1 aromatic heterocycles. The van der Waals surface area contributed by atoms with Crippen molar-refractivity contribution in [3.05, 3.63) is 23.5 Å². The number of aryl methyl sites for hydroxylation is 1. The molecular weight excluding hydrogens is 507 g/mol. The number of carbonyl (C=O) groups is 2. The topological polar surface area (TPSA) is 67.2 Å². The number of nitrogens with zero attached hydrogens (tertiary/aromatic N) is 3. The van der Waals surface area contributed by atoms with Crippen LogP contribution in [0.3, 0.4) is 0 Å². The number of aldehydes is 1. The number of nitrogens with one attached hydrogen (secondary N) is 1. The van der Waals surface area contributed by atoms with E-state index in [0.29, 0.717) is 17.1 Å². The number of hydrogen-bond donors (Lipinski definition) is 1. The number of fused-ring (bicyclic) bond motifs is 1. The van der Waals surface area contributed by atoms with Crippen LogP contribution in [0.2, 0.25) is 0 Å². The second kappa shape index (κ2) is 7.78. The van der Waals surface area contributed by atoms with Gasteiger partial charge in [0.15, 0.2) is 0 Å². The summed E-state index contributed by atoms with van der Waals surface area (Å²) in [6.45, 7) is 0.191. The Kier molecular flexibility index (Phi) is 5.66. The number of carbonyl (C=O) groups excluding carboxylic acids is 2. The van der Waals surface area contributed by atoms with Crippen LogP contribution in [0, 0.1) is 11.7 Å². The summed E-state index contributed by atoms with van der Waals surface area (Å²) in [6, 6.07) is 2.96. The molecule has 1 aliphatic carbocycles. The second-order valence-electron chi connectivity index (χ2n) is 6.48. The van der Waals surface area contributed by atoms with Crippen LogP contribution < -0.4 is 10.2 Å². The minimum absolute atomic E-state index is 0.185. The van der Waals surface area contributed by atoms with Gasteiger partial charge in [-0.25, -0.2) is 0 Å². The molecular formula is C18H21FN4O2W. The van der Waals surface area contributed by atoms with E-state index in [0.717, 1.165) is 30.2 Å². The minimum atomic E-state index is -0.376. The first-order valence-electron chi connectivity index (χ1n) is 8.56. The van der Waals surface area contributed by atoms with Gasteiger partial charge in [0.25, 0.3) is 0 Å². The van der Waals surface area contributed by atoms with Gasteiger partial charge in [-0.1, -0.05) is 0 Å². The maximum atomic E-state index is 14.9. The Morgan fingerprint density at radius 2 is 2.27 bits per heavy atom. The molecule has 8 heteroatoms. The van der Waals surface area contributed by atoms with Gasteiger partial charge in [-0.3, -0.25) is 0 Å². The van der Waals surface area contributed by atoms with Gasteiger partial charge in [0, 0.05) is 0 Å². The first-order chi connectivity index (χ1) is 12.5. The molecule has 0 spiro atoms. The Hall–Kier alpha value is -1.88. The zero-order chi connectivity index (χ0) is 18.8. The number of benzene rings is 1. The summed E-state index contributed by atoms with van der Waals surface area (Å²) in [7, 11) is 3.30. The molecule has 138 valence electrons. The fourth-order valence-corrected chi connectivity index (χ4v) is 4.62. The standard InChI is InChI=1S/C18H21FN4O2.W/c1-11-5-6-12(11)13-10-16-14(9-15(13)19)17(21-22(16)3)23(7-4-8-24)18(25)20-2;/h1,8-12H,4-7H2,2-3H3,(H,20,25);. The fourth-order valence-electron chi connectivity index (χ4n) is 3.45. The number of rotatable bonds is 6. The molecule has 2 atom stereocenters. The average Bonchev–Trinajstić information content (AvgIpc) is 2.91. The van der Waals surface area contributed by atoms with E-state index in [9.17, 15) is 14.0 Å². The predicted molar refractivity (Wildman–Crippen MR) is 94.7 cm³/mol. The van der Waals surface area contributed by atoms with Crippen LogP contribution in [0.25, 0.3) is 10.9 Å². The van der Waals surface area contributed by atoms with Gasteiger partial charge >= 0.3 is 157 Å². The first kappa shape index (κ1) is 18.9. The second-order valence-corrected chi connectivity index (χ2v) is 7.46. The first-order valence-corrected chi connectivity index (χ1v) is 10.3. The predicted octanol–water partition coefficient (Wildman–Crippen LogP) is 2.29. The molecule has 6 nitrogen and oxygen atoms in total. The summed E-state index contributed by atoms with van der Waals surface area (Å²) in [5.41, 5.74) is 1.51. The van der Waals surface area contributed by atoms with Crippen LogP contribution in [-0.2, 0) is 31.2 Å². The van der Waals surface area contributed by atoms with Crippen molar-refractivity contribution in [2.24, 2.45) is 13.0 Å². The number of anilines is 1. The summed E-state index contributed by atoms with van der Waals surface area (Å²) in [6.07, 6.45) is 3.04. The third kappa shape index (κ3) is 3.25. The fraction of sp³-hybridized carbons (Fsp3) is 0.444. The third-order valence-electron chi connectivity index (χ3n) is 5.04. The number of urea groups is 1. The number of halogens is 1. The van der Waals surface area contributed by atoms with Gasteiger partial charge in [-0.05, 0) is 0 Å². The molecule has 0 bridgehead atoms. The summed E-state index contributed by atoms with van der Waals surface area (Å²) < 4.78 is 18.8. The van der Waals surface area contributed by atoms with Gasteiger partial charge in [-0.15, -0.1) is 0 Å². The van der Waals surface area contributed by atoms with Crippen LogP contribution in [0.15, 0.2) is 12.1 Å². The van der Waals surface area contributed by atoms with E-state index >= 15 is 0 Å². The molecule has 1 aromatic carbocycles.